The van der Waals surface area contributed by atoms with Gasteiger partial charge in [-0.25, -0.2) is 8.42 Å². The van der Waals surface area contributed by atoms with E-state index in [0.717, 1.165) is 6.42 Å². The number of halogens is 1. The molecule has 1 heterocycles. The van der Waals surface area contributed by atoms with Crippen molar-refractivity contribution in [2.75, 3.05) is 11.5 Å². The summed E-state index contributed by atoms with van der Waals surface area (Å²) in [6.45, 7) is 1.89. The monoisotopic (exact) mass is 239 g/mol. The fourth-order valence-corrected chi connectivity index (χ4v) is 3.99. The van der Waals surface area contributed by atoms with Crippen molar-refractivity contribution in [3.05, 3.63) is 0 Å². The molecule has 0 bridgehead atoms. The summed E-state index contributed by atoms with van der Waals surface area (Å²) in [7, 11) is -3.05. The quantitative estimate of drug-likeness (QED) is 0.721. The highest BCUT2D eigenvalue weighted by Crippen LogP contribution is 2.17. The van der Waals surface area contributed by atoms with Crippen LogP contribution in [0.15, 0.2) is 0 Å². The highest BCUT2D eigenvalue weighted by molar-refractivity contribution is 7.91. The first-order valence-electron chi connectivity index (χ1n) is 4.58. The lowest BCUT2D eigenvalue weighted by Gasteiger charge is -2.13. The summed E-state index contributed by atoms with van der Waals surface area (Å²) in [5.74, 6) is -0.192. The fourth-order valence-electron chi connectivity index (χ4n) is 1.44. The molecule has 0 aromatic rings. The van der Waals surface area contributed by atoms with Crippen molar-refractivity contribution in [1.82, 2.24) is 5.32 Å². The number of rotatable bonds is 3. The van der Waals surface area contributed by atoms with E-state index in [0.29, 0.717) is 6.42 Å². The van der Waals surface area contributed by atoms with Gasteiger partial charge in [0.15, 0.2) is 9.84 Å². The molecule has 0 aromatic heterocycles. The Hall–Kier alpha value is -0.290. The van der Waals surface area contributed by atoms with Crippen molar-refractivity contribution in [3.63, 3.8) is 0 Å². The molecule has 1 amide bonds. The van der Waals surface area contributed by atoms with Gasteiger partial charge >= 0.3 is 0 Å². The van der Waals surface area contributed by atoms with Gasteiger partial charge in [-0.15, -0.1) is 11.6 Å². The molecule has 0 aromatic carbocycles. The van der Waals surface area contributed by atoms with E-state index in [-0.39, 0.29) is 17.4 Å². The molecule has 82 valence electrons. The summed E-state index contributed by atoms with van der Waals surface area (Å²) < 4.78 is 22.3. The lowest BCUT2D eigenvalue weighted by Crippen LogP contribution is -2.40. The van der Waals surface area contributed by atoms with E-state index < -0.39 is 21.3 Å². The zero-order chi connectivity index (χ0) is 10.8. The summed E-state index contributed by atoms with van der Waals surface area (Å²) in [4.78, 5) is 11.2. The minimum atomic E-state index is -3.05. The van der Waals surface area contributed by atoms with Gasteiger partial charge < -0.3 is 5.32 Å². The predicted molar refractivity (Wildman–Crippen MR) is 55.1 cm³/mol. The number of hydrogen-bond donors (Lipinski definition) is 1. The van der Waals surface area contributed by atoms with Crippen LogP contribution in [0, 0.1) is 0 Å². The van der Waals surface area contributed by atoms with Crippen molar-refractivity contribution in [1.29, 1.82) is 0 Å². The molecule has 1 N–H and O–H groups in total. The van der Waals surface area contributed by atoms with E-state index in [2.05, 4.69) is 5.32 Å². The molecule has 6 heteroatoms. The molecule has 0 unspecified atom stereocenters. The van der Waals surface area contributed by atoms with Crippen molar-refractivity contribution >= 4 is 27.3 Å². The summed E-state index contributed by atoms with van der Waals surface area (Å²) >= 11 is 5.81. The van der Waals surface area contributed by atoms with Gasteiger partial charge in [0.2, 0.25) is 5.91 Å². The number of alkyl halides is 1. The molecular formula is C8H14ClNO3S. The summed E-state index contributed by atoms with van der Waals surface area (Å²) in [5, 5.41) is 2.15. The Kier molecular flexibility index (Phi) is 3.78. The Morgan fingerprint density at radius 2 is 2.14 bits per heavy atom. The molecule has 0 aliphatic carbocycles. The van der Waals surface area contributed by atoms with Crippen LogP contribution in [-0.2, 0) is 14.6 Å². The Balaban J connectivity index is 2.51. The third-order valence-electron chi connectivity index (χ3n) is 2.11. The molecule has 2 atom stereocenters. The van der Waals surface area contributed by atoms with Gasteiger partial charge in [-0.2, -0.15) is 0 Å². The van der Waals surface area contributed by atoms with Crippen molar-refractivity contribution in [2.45, 2.75) is 31.2 Å². The van der Waals surface area contributed by atoms with E-state index in [1.54, 1.807) is 0 Å². The standard InChI is InChI=1S/C8H14ClNO3S/c1-2-3-8(11)10-7-5-14(12,13)4-6(7)9/h6-7H,2-5H2,1H3,(H,10,11)/t6-,7+/m0/s1. The molecule has 14 heavy (non-hydrogen) atoms. The van der Waals surface area contributed by atoms with Crippen LogP contribution in [0.3, 0.4) is 0 Å². The normalized spacial score (nSPS) is 30.1. The molecule has 0 radical (unpaired) electrons. The topological polar surface area (TPSA) is 63.2 Å². The second-order valence-corrected chi connectivity index (χ2v) is 6.23. The van der Waals surface area contributed by atoms with Gasteiger partial charge in [-0.1, -0.05) is 6.92 Å². The molecule has 1 fully saturated rings. The smallest absolute Gasteiger partial charge is 0.220 e. The molecule has 0 saturated carbocycles. The van der Waals surface area contributed by atoms with Crippen molar-refractivity contribution < 1.29 is 13.2 Å². The number of sulfone groups is 1. The first kappa shape index (κ1) is 11.8. The first-order valence-corrected chi connectivity index (χ1v) is 6.84. The van der Waals surface area contributed by atoms with Crippen LogP contribution in [0.4, 0.5) is 0 Å². The minimum absolute atomic E-state index is 0.0311. The third kappa shape index (κ3) is 3.13. The van der Waals surface area contributed by atoms with Gasteiger partial charge in [0.25, 0.3) is 0 Å². The van der Waals surface area contributed by atoms with Crippen LogP contribution in [-0.4, -0.2) is 37.2 Å². The molecule has 1 aliphatic heterocycles. The largest absolute Gasteiger partial charge is 0.351 e. The maximum absolute atomic E-state index is 11.2. The zero-order valence-corrected chi connectivity index (χ0v) is 9.57. The van der Waals surface area contributed by atoms with E-state index in [1.807, 2.05) is 6.92 Å². The lowest BCUT2D eigenvalue weighted by molar-refractivity contribution is -0.121. The molecule has 1 rings (SSSR count). The lowest BCUT2D eigenvalue weighted by atomic mass is 10.2. The van der Waals surface area contributed by atoms with Crippen LogP contribution in [0.5, 0.6) is 0 Å². The van der Waals surface area contributed by atoms with Crippen LogP contribution >= 0.6 is 11.6 Å². The number of carbonyl (C=O) groups is 1. The molecule has 1 aliphatic rings. The van der Waals surface area contributed by atoms with E-state index in [1.165, 1.54) is 0 Å². The van der Waals surface area contributed by atoms with Crippen LogP contribution in [0.2, 0.25) is 0 Å². The first-order chi connectivity index (χ1) is 6.44. The van der Waals surface area contributed by atoms with Gasteiger partial charge in [0.05, 0.1) is 22.9 Å². The Morgan fingerprint density at radius 1 is 1.50 bits per heavy atom. The Bertz CT molecular complexity index is 315. The minimum Gasteiger partial charge on any atom is -0.351 e. The molecule has 1 saturated heterocycles. The van der Waals surface area contributed by atoms with Crippen LogP contribution in [0.1, 0.15) is 19.8 Å². The zero-order valence-electron chi connectivity index (χ0n) is 7.99. The third-order valence-corrected chi connectivity index (χ3v) is 4.48. The number of nitrogens with one attached hydrogen (secondary N) is 1. The average molecular weight is 240 g/mol. The van der Waals surface area contributed by atoms with Gasteiger partial charge in [-0.3, -0.25) is 4.79 Å². The Labute approximate surface area is 88.9 Å². The second kappa shape index (κ2) is 4.49. The summed E-state index contributed by atoms with van der Waals surface area (Å²) in [6.07, 6.45) is 1.17. The van der Waals surface area contributed by atoms with Gasteiger partial charge in [0.1, 0.15) is 0 Å². The Morgan fingerprint density at radius 3 is 2.57 bits per heavy atom. The molecule has 4 nitrogen and oxygen atoms in total. The molecule has 0 spiro atoms. The van der Waals surface area contributed by atoms with Gasteiger partial charge in [0, 0.05) is 6.42 Å². The van der Waals surface area contributed by atoms with Crippen molar-refractivity contribution in [2.24, 2.45) is 0 Å². The van der Waals surface area contributed by atoms with Crippen LogP contribution in [0.25, 0.3) is 0 Å². The summed E-state index contributed by atoms with van der Waals surface area (Å²) in [6, 6.07) is -0.416. The highest BCUT2D eigenvalue weighted by Gasteiger charge is 2.36. The molecular weight excluding hydrogens is 226 g/mol. The SMILES string of the molecule is CCCC(=O)N[C@@H]1CS(=O)(=O)C[C@@H]1Cl. The predicted octanol–water partition coefficient (Wildman–Crippen LogP) is 0.307. The van der Waals surface area contributed by atoms with E-state index in [4.69, 9.17) is 11.6 Å². The van der Waals surface area contributed by atoms with E-state index >= 15 is 0 Å². The van der Waals surface area contributed by atoms with Crippen LogP contribution < -0.4 is 5.32 Å². The van der Waals surface area contributed by atoms with Gasteiger partial charge in [-0.05, 0) is 6.42 Å². The fraction of sp³-hybridized carbons (Fsp3) is 0.875. The number of carbonyl (C=O) groups excluding carboxylic acids is 1. The second-order valence-electron chi connectivity index (χ2n) is 3.52. The number of hydrogen-bond acceptors (Lipinski definition) is 3. The number of amides is 1. The maximum atomic E-state index is 11.2. The average Bonchev–Trinajstić information content (AvgIpc) is 2.25. The van der Waals surface area contributed by atoms with E-state index in [9.17, 15) is 13.2 Å². The van der Waals surface area contributed by atoms with Crippen molar-refractivity contribution in [3.8, 4) is 0 Å². The maximum Gasteiger partial charge on any atom is 0.220 e. The highest BCUT2D eigenvalue weighted by atomic mass is 35.5. The summed E-state index contributed by atoms with van der Waals surface area (Å²) in [5.41, 5.74) is 0.